The summed E-state index contributed by atoms with van der Waals surface area (Å²) in [4.78, 5) is 13.4. The molecule has 2 aromatic carbocycles. The maximum Gasteiger partial charge on any atom is 0.253 e. The van der Waals surface area contributed by atoms with Crippen LogP contribution in [0.1, 0.15) is 15.9 Å². The summed E-state index contributed by atoms with van der Waals surface area (Å²) in [6, 6.07) is 17.7. The van der Waals surface area contributed by atoms with Crippen LogP contribution in [0, 0.1) is 0 Å². The summed E-state index contributed by atoms with van der Waals surface area (Å²) >= 11 is 7.17. The summed E-state index contributed by atoms with van der Waals surface area (Å²) < 4.78 is 0. The standard InChI is InChI=1S/C19H23N3OS2/c1-22(2)18(23)16-8-10-17(11-9-16)21-19(24)20-12-13-25-14-15-6-4-3-5-7-15/h3-11H,12-14H2,1-2H3,(H2,20,21,24). The van der Waals surface area contributed by atoms with Crippen LogP contribution in [-0.4, -0.2) is 42.3 Å². The lowest BCUT2D eigenvalue weighted by Gasteiger charge is -2.12. The summed E-state index contributed by atoms with van der Waals surface area (Å²) in [6.07, 6.45) is 0. The van der Waals surface area contributed by atoms with Gasteiger partial charge >= 0.3 is 0 Å². The number of thioether (sulfide) groups is 1. The molecular formula is C19H23N3OS2. The first-order valence-corrected chi connectivity index (χ1v) is 9.61. The zero-order valence-electron chi connectivity index (χ0n) is 14.5. The number of nitrogens with one attached hydrogen (secondary N) is 2. The zero-order chi connectivity index (χ0) is 18.1. The van der Waals surface area contributed by atoms with Crippen molar-refractivity contribution >= 4 is 40.7 Å². The maximum absolute atomic E-state index is 11.8. The predicted molar refractivity (Wildman–Crippen MR) is 111 cm³/mol. The van der Waals surface area contributed by atoms with Crippen molar-refractivity contribution in [2.75, 3.05) is 31.7 Å². The number of hydrogen-bond donors (Lipinski definition) is 2. The van der Waals surface area contributed by atoms with Crippen LogP contribution >= 0.6 is 24.0 Å². The van der Waals surface area contributed by atoms with E-state index in [9.17, 15) is 4.79 Å². The third kappa shape index (κ3) is 6.76. The van der Waals surface area contributed by atoms with Gasteiger partial charge in [0.1, 0.15) is 0 Å². The highest BCUT2D eigenvalue weighted by Gasteiger charge is 2.07. The number of benzene rings is 2. The smallest absolute Gasteiger partial charge is 0.253 e. The first-order chi connectivity index (χ1) is 12.1. The fourth-order valence-corrected chi connectivity index (χ4v) is 3.17. The van der Waals surface area contributed by atoms with Crippen molar-refractivity contribution in [2.45, 2.75) is 5.75 Å². The molecule has 2 aromatic rings. The summed E-state index contributed by atoms with van der Waals surface area (Å²) in [6.45, 7) is 0.806. The van der Waals surface area contributed by atoms with E-state index in [1.54, 1.807) is 31.1 Å². The lowest BCUT2D eigenvalue weighted by Crippen LogP contribution is -2.30. The molecule has 0 spiro atoms. The highest BCUT2D eigenvalue weighted by atomic mass is 32.2. The van der Waals surface area contributed by atoms with E-state index in [0.717, 1.165) is 23.7 Å². The molecule has 4 nitrogen and oxygen atoms in total. The second kappa shape index (κ2) is 10.1. The third-order valence-corrected chi connectivity index (χ3v) is 4.72. The van der Waals surface area contributed by atoms with Gasteiger partial charge in [-0.15, -0.1) is 0 Å². The lowest BCUT2D eigenvalue weighted by atomic mass is 10.2. The third-order valence-electron chi connectivity index (χ3n) is 3.44. The molecule has 0 bridgehead atoms. The Bertz CT molecular complexity index is 688. The van der Waals surface area contributed by atoms with E-state index in [1.165, 1.54) is 5.56 Å². The van der Waals surface area contributed by atoms with Gasteiger partial charge in [-0.1, -0.05) is 30.3 Å². The quantitative estimate of drug-likeness (QED) is 0.573. The molecule has 2 N–H and O–H groups in total. The normalized spacial score (nSPS) is 10.2. The molecule has 2 rings (SSSR count). The van der Waals surface area contributed by atoms with Gasteiger partial charge in [-0.2, -0.15) is 11.8 Å². The van der Waals surface area contributed by atoms with Crippen LogP contribution in [0.25, 0.3) is 0 Å². The fourth-order valence-electron chi connectivity index (χ4n) is 2.13. The molecular weight excluding hydrogens is 350 g/mol. The molecule has 0 saturated carbocycles. The Labute approximate surface area is 159 Å². The average molecular weight is 374 g/mol. The SMILES string of the molecule is CN(C)C(=O)c1ccc(NC(=S)NCCSCc2ccccc2)cc1. The number of anilines is 1. The maximum atomic E-state index is 11.8. The van der Waals surface area contributed by atoms with Gasteiger partial charge in [0.25, 0.3) is 5.91 Å². The van der Waals surface area contributed by atoms with Crippen molar-refractivity contribution in [2.24, 2.45) is 0 Å². The van der Waals surface area contributed by atoms with Gasteiger partial charge in [0.2, 0.25) is 0 Å². The molecule has 0 radical (unpaired) electrons. The Hall–Kier alpha value is -2.05. The van der Waals surface area contributed by atoms with Crippen LogP contribution in [0.4, 0.5) is 5.69 Å². The number of rotatable bonds is 7. The van der Waals surface area contributed by atoms with E-state index in [2.05, 4.69) is 34.9 Å². The molecule has 0 aliphatic carbocycles. The topological polar surface area (TPSA) is 44.4 Å². The number of amides is 1. The summed E-state index contributed by atoms with van der Waals surface area (Å²) in [7, 11) is 3.48. The molecule has 1 amide bonds. The van der Waals surface area contributed by atoms with Gasteiger partial charge in [-0.05, 0) is 42.0 Å². The van der Waals surface area contributed by atoms with Crippen LogP contribution in [0.15, 0.2) is 54.6 Å². The van der Waals surface area contributed by atoms with Gasteiger partial charge in [0.05, 0.1) is 0 Å². The molecule has 0 aliphatic heterocycles. The minimum Gasteiger partial charge on any atom is -0.362 e. The number of carbonyl (C=O) groups is 1. The Balaban J connectivity index is 1.67. The number of hydrogen-bond acceptors (Lipinski definition) is 3. The van der Waals surface area contributed by atoms with E-state index in [0.29, 0.717) is 10.7 Å². The molecule has 0 heterocycles. The molecule has 25 heavy (non-hydrogen) atoms. The monoisotopic (exact) mass is 373 g/mol. The molecule has 0 unspecified atom stereocenters. The van der Waals surface area contributed by atoms with Crippen molar-refractivity contribution < 1.29 is 4.79 Å². The van der Waals surface area contributed by atoms with Crippen molar-refractivity contribution in [3.63, 3.8) is 0 Å². The van der Waals surface area contributed by atoms with Crippen molar-refractivity contribution in [3.05, 3.63) is 65.7 Å². The van der Waals surface area contributed by atoms with E-state index in [1.807, 2.05) is 30.0 Å². The Morgan fingerprint density at radius 3 is 2.40 bits per heavy atom. The highest BCUT2D eigenvalue weighted by Crippen LogP contribution is 2.12. The first-order valence-electron chi connectivity index (χ1n) is 8.04. The first kappa shape index (κ1) is 19.3. The van der Waals surface area contributed by atoms with Crippen LogP contribution in [0.5, 0.6) is 0 Å². The van der Waals surface area contributed by atoms with Gasteiger partial charge < -0.3 is 15.5 Å². The van der Waals surface area contributed by atoms with Crippen LogP contribution in [-0.2, 0) is 5.75 Å². The molecule has 0 fully saturated rings. The molecule has 0 atom stereocenters. The second-order valence-corrected chi connectivity index (χ2v) is 7.21. The van der Waals surface area contributed by atoms with E-state index >= 15 is 0 Å². The van der Waals surface area contributed by atoms with Crippen LogP contribution in [0.2, 0.25) is 0 Å². The van der Waals surface area contributed by atoms with Gasteiger partial charge in [-0.25, -0.2) is 0 Å². The van der Waals surface area contributed by atoms with Gasteiger partial charge in [-0.3, -0.25) is 4.79 Å². The lowest BCUT2D eigenvalue weighted by molar-refractivity contribution is 0.0827. The molecule has 0 aromatic heterocycles. The second-order valence-electron chi connectivity index (χ2n) is 5.70. The Morgan fingerprint density at radius 1 is 1.08 bits per heavy atom. The Kier molecular flexibility index (Phi) is 7.76. The highest BCUT2D eigenvalue weighted by molar-refractivity contribution is 7.98. The van der Waals surface area contributed by atoms with Crippen molar-refractivity contribution in [3.8, 4) is 0 Å². The molecule has 132 valence electrons. The fraction of sp³-hybridized carbons (Fsp3) is 0.263. The average Bonchev–Trinajstić information content (AvgIpc) is 2.62. The van der Waals surface area contributed by atoms with Crippen LogP contribution in [0.3, 0.4) is 0 Å². The predicted octanol–water partition coefficient (Wildman–Crippen LogP) is 3.61. The van der Waals surface area contributed by atoms with Crippen LogP contribution < -0.4 is 10.6 Å². The minimum atomic E-state index is -0.0114. The molecule has 0 saturated heterocycles. The van der Waals surface area contributed by atoms with E-state index < -0.39 is 0 Å². The van der Waals surface area contributed by atoms with Crippen molar-refractivity contribution in [1.29, 1.82) is 0 Å². The van der Waals surface area contributed by atoms with Gasteiger partial charge in [0.15, 0.2) is 5.11 Å². The van der Waals surface area contributed by atoms with Crippen molar-refractivity contribution in [1.82, 2.24) is 10.2 Å². The van der Waals surface area contributed by atoms with E-state index in [-0.39, 0.29) is 5.91 Å². The summed E-state index contributed by atoms with van der Waals surface area (Å²) in [5.74, 6) is 1.97. The number of nitrogens with zero attached hydrogens (tertiary/aromatic N) is 1. The largest absolute Gasteiger partial charge is 0.362 e. The summed E-state index contributed by atoms with van der Waals surface area (Å²) in [5, 5.41) is 6.92. The Morgan fingerprint density at radius 2 is 1.76 bits per heavy atom. The zero-order valence-corrected chi connectivity index (χ0v) is 16.1. The minimum absolute atomic E-state index is 0.0114. The van der Waals surface area contributed by atoms with Gasteiger partial charge in [0, 0.05) is 43.4 Å². The number of thiocarbonyl (C=S) groups is 1. The molecule has 6 heteroatoms. The molecule has 0 aliphatic rings. The summed E-state index contributed by atoms with van der Waals surface area (Å²) in [5.41, 5.74) is 2.86. The number of carbonyl (C=O) groups excluding carboxylic acids is 1. The van der Waals surface area contributed by atoms with E-state index in [4.69, 9.17) is 12.2 Å².